The number of imidazole rings is 1. The molecule has 2 aliphatic heterocycles. The first kappa shape index (κ1) is 64.6. The number of para-hydroxylation sites is 1. The molecule has 0 saturated carbocycles. The Morgan fingerprint density at radius 2 is 1.39 bits per heavy atom. The number of carbonyl (C=O) groups excluding carboxylic acids is 11. The zero-order valence-corrected chi connectivity index (χ0v) is 47.1. The van der Waals surface area contributed by atoms with E-state index in [-0.39, 0.29) is 94.4 Å². The molecule has 2 saturated heterocycles. The summed E-state index contributed by atoms with van der Waals surface area (Å²) >= 11 is 0. The molecular formula is C55H75N17O13. The number of H-pyrrole nitrogens is 2. The predicted octanol–water partition coefficient (Wildman–Crippen LogP) is -4.39. The van der Waals surface area contributed by atoms with Crippen LogP contribution in [0.15, 0.2) is 72.2 Å². The van der Waals surface area contributed by atoms with Crippen LogP contribution in [-0.2, 0) is 72.0 Å². The zero-order valence-electron chi connectivity index (χ0n) is 47.1. The number of aromatic hydroxyl groups is 1. The smallest absolute Gasteiger partial charge is 0.245 e. The number of nitrogens with zero attached hydrogens (tertiary/aromatic N) is 3. The lowest BCUT2D eigenvalue weighted by molar-refractivity contribution is -0.142. The molecule has 0 radical (unpaired) electrons. The van der Waals surface area contributed by atoms with Crippen LogP contribution in [0.25, 0.3) is 10.9 Å². The summed E-state index contributed by atoms with van der Waals surface area (Å²) in [6, 6.07) is 2.37. The number of likely N-dealkylation sites (tertiary alicyclic amines) is 1. The lowest BCUT2D eigenvalue weighted by Crippen LogP contribution is -2.60. The molecule has 2 aromatic carbocycles. The number of rotatable bonds is 31. The van der Waals surface area contributed by atoms with Gasteiger partial charge >= 0.3 is 0 Å². The highest BCUT2D eigenvalue weighted by molar-refractivity contribution is 5.99. The molecule has 4 aromatic rings. The number of nitrogens with two attached hydrogens (primary N) is 3. The summed E-state index contributed by atoms with van der Waals surface area (Å²) in [5.41, 5.74) is 18.3. The lowest BCUT2D eigenvalue weighted by atomic mass is 10.0. The fourth-order valence-electron chi connectivity index (χ4n) is 9.79. The van der Waals surface area contributed by atoms with Crippen LogP contribution in [0.4, 0.5) is 0 Å². The van der Waals surface area contributed by atoms with E-state index in [1.165, 1.54) is 41.7 Å². The van der Waals surface area contributed by atoms with Gasteiger partial charge in [-0.15, -0.1) is 0 Å². The highest BCUT2D eigenvalue weighted by Gasteiger charge is 2.39. The molecule has 8 atom stereocenters. The van der Waals surface area contributed by atoms with Crippen LogP contribution in [0.5, 0.6) is 5.75 Å². The predicted molar refractivity (Wildman–Crippen MR) is 305 cm³/mol. The Bertz CT molecular complexity index is 3060. The van der Waals surface area contributed by atoms with E-state index in [2.05, 4.69) is 67.8 Å². The van der Waals surface area contributed by atoms with Crippen LogP contribution < -0.4 is 65.1 Å². The Kier molecular flexibility index (Phi) is 23.7. The number of phenols is 1. The van der Waals surface area contributed by atoms with E-state index in [1.807, 2.05) is 0 Å². The average molecular weight is 1180 g/mol. The van der Waals surface area contributed by atoms with Gasteiger partial charge in [0.05, 0.1) is 26.0 Å². The molecule has 11 amide bonds. The summed E-state index contributed by atoms with van der Waals surface area (Å²) in [5, 5.41) is 44.5. The van der Waals surface area contributed by atoms with Crippen molar-refractivity contribution in [2.45, 2.75) is 126 Å². The Morgan fingerprint density at radius 3 is 2.04 bits per heavy atom. The molecule has 0 bridgehead atoms. The van der Waals surface area contributed by atoms with E-state index >= 15 is 0 Å². The summed E-state index contributed by atoms with van der Waals surface area (Å²) in [7, 11) is 0. The van der Waals surface area contributed by atoms with Gasteiger partial charge < -0.3 is 90.1 Å². The van der Waals surface area contributed by atoms with Crippen molar-refractivity contribution in [2.75, 3.05) is 32.8 Å². The third-order valence-corrected chi connectivity index (χ3v) is 14.1. The van der Waals surface area contributed by atoms with Crippen molar-refractivity contribution in [3.63, 3.8) is 0 Å². The first-order valence-corrected chi connectivity index (χ1v) is 27.8. The van der Waals surface area contributed by atoms with Gasteiger partial charge in [-0.05, 0) is 73.8 Å². The largest absolute Gasteiger partial charge is 0.508 e. The van der Waals surface area contributed by atoms with E-state index < -0.39 is 127 Å². The number of aliphatic imine (C=N–C) groups is 1. The number of aromatic amines is 2. The first-order chi connectivity index (χ1) is 40.6. The second kappa shape index (κ2) is 31.2. The number of hydrogen-bond donors (Lipinski definition) is 16. The Labute approximate surface area is 488 Å². The van der Waals surface area contributed by atoms with E-state index in [4.69, 9.17) is 17.2 Å². The molecule has 2 aliphatic rings. The molecule has 0 aliphatic carbocycles. The van der Waals surface area contributed by atoms with Gasteiger partial charge in [-0.25, -0.2) is 4.98 Å². The van der Waals surface area contributed by atoms with Gasteiger partial charge in [0, 0.05) is 67.8 Å². The number of amides is 11. The number of phenolic OH excluding ortho intramolecular Hbond substituents is 1. The van der Waals surface area contributed by atoms with Crippen molar-refractivity contribution < 1.29 is 63.0 Å². The molecule has 4 heterocycles. The minimum atomic E-state index is -1.76. The zero-order chi connectivity index (χ0) is 61.7. The second-order valence-corrected chi connectivity index (χ2v) is 21.2. The Balaban J connectivity index is 1.16. The highest BCUT2D eigenvalue weighted by atomic mass is 16.3. The van der Waals surface area contributed by atoms with E-state index in [1.54, 1.807) is 44.3 Å². The van der Waals surface area contributed by atoms with Crippen molar-refractivity contribution >= 4 is 81.8 Å². The monoisotopic (exact) mass is 1180 g/mol. The van der Waals surface area contributed by atoms with E-state index in [9.17, 15) is 63.0 Å². The number of benzene rings is 2. The molecule has 85 heavy (non-hydrogen) atoms. The molecule has 458 valence electrons. The molecule has 30 nitrogen and oxygen atoms in total. The van der Waals surface area contributed by atoms with Crippen LogP contribution in [0.1, 0.15) is 75.6 Å². The molecule has 30 heteroatoms. The molecule has 0 spiro atoms. The maximum atomic E-state index is 14.4. The fourth-order valence-corrected chi connectivity index (χ4v) is 9.79. The summed E-state index contributed by atoms with van der Waals surface area (Å²) in [4.78, 5) is 164. The number of carbonyl (C=O) groups is 11. The Morgan fingerprint density at radius 1 is 0.729 bits per heavy atom. The first-order valence-electron chi connectivity index (χ1n) is 27.8. The number of primary amides is 1. The molecule has 2 fully saturated rings. The number of guanidine groups is 1. The normalized spacial score (nSPS) is 16.8. The number of hydrogen-bond acceptors (Lipinski definition) is 15. The van der Waals surface area contributed by atoms with Gasteiger partial charge in [0.1, 0.15) is 54.1 Å². The van der Waals surface area contributed by atoms with Crippen molar-refractivity contribution in [1.29, 1.82) is 0 Å². The number of aliphatic hydroxyl groups is 1. The number of aliphatic hydroxyl groups excluding tert-OH is 1. The van der Waals surface area contributed by atoms with Crippen LogP contribution in [0, 0.1) is 5.92 Å². The van der Waals surface area contributed by atoms with Gasteiger partial charge in [0.2, 0.25) is 65.0 Å². The van der Waals surface area contributed by atoms with Crippen LogP contribution in [0.2, 0.25) is 0 Å². The molecular weight excluding hydrogens is 1110 g/mol. The molecule has 2 unspecified atom stereocenters. The minimum absolute atomic E-state index is 0.0156. The van der Waals surface area contributed by atoms with Crippen LogP contribution in [0.3, 0.4) is 0 Å². The second-order valence-electron chi connectivity index (χ2n) is 21.2. The SMILES string of the molecule is CC(C)CC(NC(=O)CNC(=O)[C@H](Cc1ccc(O)cc1)NC(=O)[C@@H](CO)NC(=O)[C@@H](Cc1c[nH]c2ccccc12)NC(=O)C(Cc1cnc[nH]1)NC(=O)[C@H]1CCC(=O)N1)C(=O)N[C@H](CCCN=C(N)N)C(=O)N1CCC[C@@H]1C(=O)NCC(N)=O. The van der Waals surface area contributed by atoms with Crippen molar-refractivity contribution in [2.24, 2.45) is 28.1 Å². The maximum absolute atomic E-state index is 14.4. The van der Waals surface area contributed by atoms with Crippen molar-refractivity contribution in [1.82, 2.24) is 67.7 Å². The fraction of sp³-hybridized carbons (Fsp3) is 0.473. The van der Waals surface area contributed by atoms with Gasteiger partial charge in [0.15, 0.2) is 5.96 Å². The van der Waals surface area contributed by atoms with Crippen molar-refractivity contribution in [3.8, 4) is 5.75 Å². The average Bonchev–Trinajstić information content (AvgIpc) is 4.32. The third kappa shape index (κ3) is 19.5. The van der Waals surface area contributed by atoms with Gasteiger partial charge in [0.25, 0.3) is 0 Å². The van der Waals surface area contributed by atoms with Crippen LogP contribution in [-0.4, -0.2) is 182 Å². The van der Waals surface area contributed by atoms with Crippen LogP contribution >= 0.6 is 0 Å². The topological polar surface area (TPSA) is 475 Å². The number of nitrogens with one attached hydrogen (secondary N) is 11. The highest BCUT2D eigenvalue weighted by Crippen LogP contribution is 2.22. The van der Waals surface area contributed by atoms with E-state index in [0.29, 0.717) is 34.1 Å². The lowest BCUT2D eigenvalue weighted by Gasteiger charge is -2.30. The van der Waals surface area contributed by atoms with Gasteiger partial charge in [-0.3, -0.25) is 57.7 Å². The van der Waals surface area contributed by atoms with E-state index in [0.717, 1.165) is 0 Å². The van der Waals surface area contributed by atoms with Gasteiger partial charge in [-0.1, -0.05) is 44.2 Å². The number of fused-ring (bicyclic) bond motifs is 1. The standard InChI is InChI=1S/C55H75N17O13/c1-29(2)19-38(49(80)67-37(9-5-17-60-55(57)58)54(85)72-18-6-10-43(72)53(84)62-25-44(56)75)66-46(77)26-63-47(78)39(20-30-11-13-33(74)14-12-30)68-52(83)42(27-73)71-50(81)40(21-31-23-61-35-8-4-3-7-34(31)35)69-51(82)41(22-32-24-59-28-64-32)70-48(79)36-15-16-45(76)65-36/h3-4,7-8,11-14,23-24,28-29,36-43,61,73-74H,5-6,9-10,15-22,25-27H2,1-2H3,(H2,56,75)(H,59,64)(H,62,84)(H,63,78)(H,65,76)(H,66,77)(H,67,80)(H,68,83)(H,69,82)(H,70,79)(H,71,81)(H4,57,58,60)/t36-,37-,38?,39+,40-,41?,42-,43-/m1/s1. The number of aromatic nitrogens is 3. The molecule has 6 rings (SSSR count). The third-order valence-electron chi connectivity index (χ3n) is 14.1. The minimum Gasteiger partial charge on any atom is -0.508 e. The molecule has 19 N–H and O–H groups in total. The summed E-state index contributed by atoms with van der Waals surface area (Å²) in [6.07, 6.45) is 5.24. The van der Waals surface area contributed by atoms with Crippen molar-refractivity contribution in [3.05, 3.63) is 84.1 Å². The summed E-state index contributed by atoms with van der Waals surface area (Å²) in [6.45, 7) is 1.62. The maximum Gasteiger partial charge on any atom is 0.245 e. The molecule has 2 aromatic heterocycles. The Hall–Kier alpha value is -9.61. The summed E-state index contributed by atoms with van der Waals surface area (Å²) < 4.78 is 0. The summed E-state index contributed by atoms with van der Waals surface area (Å²) in [5.74, 6) is -8.86. The quantitative estimate of drug-likeness (QED) is 0.0129. The van der Waals surface area contributed by atoms with Gasteiger partial charge in [-0.2, -0.15) is 0 Å².